The lowest BCUT2D eigenvalue weighted by Gasteiger charge is -2.17. The number of fused-ring (bicyclic) bond motifs is 2. The van der Waals surface area contributed by atoms with E-state index < -0.39 is 0 Å². The van der Waals surface area contributed by atoms with Gasteiger partial charge in [-0.1, -0.05) is 12.1 Å². The normalized spacial score (nSPS) is 13.5. The van der Waals surface area contributed by atoms with E-state index >= 15 is 0 Å². The molecule has 2 atom stereocenters. The third-order valence-electron chi connectivity index (χ3n) is 5.48. The third-order valence-corrected chi connectivity index (χ3v) is 5.48. The molecule has 0 aliphatic heterocycles. The zero-order valence-electron chi connectivity index (χ0n) is 17.8. The van der Waals surface area contributed by atoms with E-state index in [1.165, 1.54) is 28.5 Å². The zero-order valence-corrected chi connectivity index (χ0v) is 17.8. The molecule has 168 valence electrons. The van der Waals surface area contributed by atoms with Gasteiger partial charge in [-0.05, 0) is 41.1 Å². The molecule has 0 spiro atoms. The van der Waals surface area contributed by atoms with Crippen LogP contribution in [-0.2, 0) is 13.1 Å². The number of hydrogen-bond donors (Lipinski definition) is 0. The molecule has 0 bridgehead atoms. The lowest BCUT2D eigenvalue weighted by molar-refractivity contribution is 0.354. The minimum atomic E-state index is -0.364. The Labute approximate surface area is 184 Å². The molecular weight excluding hydrogens is 430 g/mol. The average molecular weight is 449 g/mol. The fourth-order valence-corrected chi connectivity index (χ4v) is 3.71. The van der Waals surface area contributed by atoms with E-state index in [4.69, 9.17) is 0 Å². The standard InChI is InChI=1S/C18H19N13O2/c1-3-12(7-28-10-21-24-27-28)29-9-19-15-4-14-16(5-13(15)17(29)32)23-26-31(18(14)33)11(2)6-30-22-8-20-25-30/h4-5,8-12H,3,6-7H2,1-2H3/t11-,12-/m1/s1. The van der Waals surface area contributed by atoms with Crippen LogP contribution < -0.4 is 11.1 Å². The lowest BCUT2D eigenvalue weighted by atomic mass is 10.1. The number of benzene rings is 1. The van der Waals surface area contributed by atoms with Crippen LogP contribution in [-0.4, -0.2) is 65.0 Å². The van der Waals surface area contributed by atoms with Gasteiger partial charge in [-0.3, -0.25) is 14.2 Å². The number of hydrogen-bond acceptors (Lipinski definition) is 11. The molecule has 0 N–H and O–H groups in total. The molecule has 0 fully saturated rings. The third kappa shape index (κ3) is 3.72. The minimum Gasteiger partial charge on any atom is -0.294 e. The highest BCUT2D eigenvalue weighted by molar-refractivity contribution is 5.93. The van der Waals surface area contributed by atoms with Crippen LogP contribution >= 0.6 is 0 Å². The minimum absolute atomic E-state index is 0.195. The van der Waals surface area contributed by atoms with Crippen molar-refractivity contribution in [2.24, 2.45) is 0 Å². The highest BCUT2D eigenvalue weighted by Gasteiger charge is 2.18. The van der Waals surface area contributed by atoms with Gasteiger partial charge in [0, 0.05) is 0 Å². The number of nitrogens with zero attached hydrogens (tertiary/aromatic N) is 13. The molecule has 15 nitrogen and oxygen atoms in total. The smallest absolute Gasteiger partial charge is 0.277 e. The first-order valence-corrected chi connectivity index (χ1v) is 10.3. The molecule has 5 aromatic rings. The molecule has 4 heterocycles. The van der Waals surface area contributed by atoms with E-state index in [-0.39, 0.29) is 23.2 Å². The summed E-state index contributed by atoms with van der Waals surface area (Å²) in [5.41, 5.74) is 0.146. The first kappa shape index (κ1) is 20.5. The number of aromatic nitrogens is 13. The summed E-state index contributed by atoms with van der Waals surface area (Å²) in [4.78, 5) is 32.1. The summed E-state index contributed by atoms with van der Waals surface area (Å²) in [5, 5.41) is 31.5. The van der Waals surface area contributed by atoms with Gasteiger partial charge in [0.05, 0.1) is 47.8 Å². The van der Waals surface area contributed by atoms with E-state index in [1.807, 2.05) is 6.92 Å². The summed E-state index contributed by atoms with van der Waals surface area (Å²) in [6.07, 6.45) is 4.97. The molecule has 1 aromatic carbocycles. The second kappa shape index (κ2) is 8.25. The van der Waals surface area contributed by atoms with Crippen LogP contribution in [0.5, 0.6) is 0 Å². The van der Waals surface area contributed by atoms with Crippen LogP contribution in [0.1, 0.15) is 32.4 Å². The highest BCUT2D eigenvalue weighted by atomic mass is 16.1. The fourth-order valence-electron chi connectivity index (χ4n) is 3.71. The van der Waals surface area contributed by atoms with Gasteiger partial charge in [0.25, 0.3) is 11.1 Å². The van der Waals surface area contributed by atoms with Crippen LogP contribution in [0.2, 0.25) is 0 Å². The predicted molar refractivity (Wildman–Crippen MR) is 113 cm³/mol. The topological polar surface area (TPSA) is 170 Å². The van der Waals surface area contributed by atoms with Gasteiger partial charge in [-0.2, -0.15) is 4.80 Å². The van der Waals surface area contributed by atoms with Crippen molar-refractivity contribution in [3.8, 4) is 0 Å². The van der Waals surface area contributed by atoms with Crippen molar-refractivity contribution in [2.75, 3.05) is 0 Å². The van der Waals surface area contributed by atoms with Crippen molar-refractivity contribution in [3.63, 3.8) is 0 Å². The molecule has 0 amide bonds. The second-order valence-electron chi connectivity index (χ2n) is 7.62. The van der Waals surface area contributed by atoms with Crippen molar-refractivity contribution < 1.29 is 0 Å². The molecule has 5 rings (SSSR count). The van der Waals surface area contributed by atoms with Crippen LogP contribution in [0.15, 0.2) is 40.7 Å². The largest absolute Gasteiger partial charge is 0.294 e. The van der Waals surface area contributed by atoms with E-state index in [1.54, 1.807) is 28.3 Å². The Hall–Kier alpha value is -4.43. The quantitative estimate of drug-likeness (QED) is 0.290. The van der Waals surface area contributed by atoms with Crippen LogP contribution in [0.3, 0.4) is 0 Å². The second-order valence-corrected chi connectivity index (χ2v) is 7.62. The SMILES string of the molecule is CC[C@H](Cn1cnnn1)n1cnc2cc3c(=O)n([C@H](C)Cn4ncnn4)nnc3cc2c1=O. The summed E-state index contributed by atoms with van der Waals surface area (Å²) in [6, 6.07) is 2.57. The van der Waals surface area contributed by atoms with Gasteiger partial charge >= 0.3 is 0 Å². The summed E-state index contributed by atoms with van der Waals surface area (Å²) in [5.74, 6) is 0. The van der Waals surface area contributed by atoms with Crippen molar-refractivity contribution in [1.29, 1.82) is 0 Å². The summed E-state index contributed by atoms with van der Waals surface area (Å²) in [6.45, 7) is 4.50. The van der Waals surface area contributed by atoms with Gasteiger partial charge in [-0.15, -0.1) is 20.4 Å². The molecule has 4 aromatic heterocycles. The van der Waals surface area contributed by atoms with Crippen molar-refractivity contribution in [2.45, 2.75) is 45.4 Å². The van der Waals surface area contributed by atoms with Crippen LogP contribution in [0.25, 0.3) is 21.8 Å². The zero-order chi connectivity index (χ0) is 22.9. The Morgan fingerprint density at radius 3 is 2.48 bits per heavy atom. The van der Waals surface area contributed by atoms with Crippen molar-refractivity contribution in [3.05, 3.63) is 51.8 Å². The van der Waals surface area contributed by atoms with Crippen molar-refractivity contribution in [1.82, 2.24) is 65.0 Å². The molecule has 0 radical (unpaired) electrons. The maximum Gasteiger partial charge on any atom is 0.277 e. The Morgan fingerprint density at radius 1 is 0.939 bits per heavy atom. The van der Waals surface area contributed by atoms with Gasteiger partial charge in [-0.25, -0.2) is 14.3 Å². The Bertz CT molecular complexity index is 1520. The van der Waals surface area contributed by atoms with Crippen LogP contribution in [0.4, 0.5) is 0 Å². The summed E-state index contributed by atoms with van der Waals surface area (Å²) in [7, 11) is 0. The highest BCUT2D eigenvalue weighted by Crippen LogP contribution is 2.17. The van der Waals surface area contributed by atoms with Gasteiger partial charge in [0.15, 0.2) is 6.33 Å². The number of tetrazole rings is 2. The fraction of sp³-hybridized carbons (Fsp3) is 0.389. The lowest BCUT2D eigenvalue weighted by Crippen LogP contribution is -2.30. The maximum absolute atomic E-state index is 13.2. The summed E-state index contributed by atoms with van der Waals surface area (Å²) < 4.78 is 4.38. The molecule has 0 saturated carbocycles. The molecule has 33 heavy (non-hydrogen) atoms. The van der Waals surface area contributed by atoms with Crippen LogP contribution in [0, 0.1) is 0 Å². The average Bonchev–Trinajstić information content (AvgIpc) is 3.52. The Morgan fingerprint density at radius 2 is 1.76 bits per heavy atom. The monoisotopic (exact) mass is 449 g/mol. The first-order chi connectivity index (χ1) is 16.0. The molecule has 15 heteroatoms. The maximum atomic E-state index is 13.2. The predicted octanol–water partition coefficient (Wildman–Crippen LogP) is -0.613. The Balaban J connectivity index is 1.55. The van der Waals surface area contributed by atoms with E-state index in [0.717, 1.165) is 0 Å². The first-order valence-electron chi connectivity index (χ1n) is 10.3. The van der Waals surface area contributed by atoms with Gasteiger partial charge < -0.3 is 0 Å². The molecule has 0 aliphatic carbocycles. The van der Waals surface area contributed by atoms with E-state index in [2.05, 4.69) is 46.2 Å². The summed E-state index contributed by atoms with van der Waals surface area (Å²) >= 11 is 0. The number of rotatable bonds is 7. The molecule has 0 saturated heterocycles. The van der Waals surface area contributed by atoms with E-state index in [0.29, 0.717) is 41.3 Å². The molecule has 0 unspecified atom stereocenters. The molecular formula is C18H19N13O2. The van der Waals surface area contributed by atoms with Gasteiger partial charge in [0.2, 0.25) is 0 Å². The van der Waals surface area contributed by atoms with Gasteiger partial charge in [0.1, 0.15) is 11.8 Å². The Kier molecular flexibility index (Phi) is 5.12. The van der Waals surface area contributed by atoms with Crippen molar-refractivity contribution >= 4 is 21.8 Å². The van der Waals surface area contributed by atoms with E-state index in [9.17, 15) is 9.59 Å². The molecule has 0 aliphatic rings.